The first kappa shape index (κ1) is 14.7. The first-order valence-corrected chi connectivity index (χ1v) is 6.56. The Labute approximate surface area is 129 Å². The Morgan fingerprint density at radius 3 is 2.22 bits per heavy atom. The van der Waals surface area contributed by atoms with Gasteiger partial charge in [0, 0.05) is 6.07 Å². The van der Waals surface area contributed by atoms with E-state index in [2.05, 4.69) is 0 Å². The fraction of sp³-hybridized carbons (Fsp3) is 0.0667. The van der Waals surface area contributed by atoms with Gasteiger partial charge in [-0.2, -0.15) is 0 Å². The van der Waals surface area contributed by atoms with Gasteiger partial charge in [0.15, 0.2) is 5.75 Å². The maximum atomic E-state index is 12.1. The van der Waals surface area contributed by atoms with Gasteiger partial charge in [0.2, 0.25) is 0 Å². The van der Waals surface area contributed by atoms with Gasteiger partial charge in [-0.3, -0.25) is 24.5 Å². The molecular weight excluding hydrogens is 304 g/mol. The fourth-order valence-corrected chi connectivity index (χ4v) is 2.24. The van der Waals surface area contributed by atoms with Crippen molar-refractivity contribution < 1.29 is 24.5 Å². The van der Waals surface area contributed by atoms with Crippen LogP contribution in [-0.4, -0.2) is 26.9 Å². The van der Waals surface area contributed by atoms with E-state index >= 15 is 0 Å². The number of carbonyl (C=O) groups excluding carboxylic acids is 2. The zero-order valence-electron chi connectivity index (χ0n) is 11.6. The van der Waals surface area contributed by atoms with Crippen molar-refractivity contribution in [3.8, 4) is 5.75 Å². The molecule has 2 aromatic carbocycles. The molecule has 1 aliphatic heterocycles. The van der Waals surface area contributed by atoms with Crippen LogP contribution in [-0.2, 0) is 11.4 Å². The van der Waals surface area contributed by atoms with Crippen molar-refractivity contribution in [1.29, 1.82) is 0 Å². The molecule has 0 spiro atoms. The molecule has 1 aliphatic rings. The number of hydrogen-bond acceptors (Lipinski definition) is 6. The van der Waals surface area contributed by atoms with Gasteiger partial charge in [-0.15, -0.1) is 5.06 Å². The monoisotopic (exact) mass is 314 g/mol. The van der Waals surface area contributed by atoms with Gasteiger partial charge in [-0.05, 0) is 29.8 Å². The number of rotatable bonds is 4. The first-order chi connectivity index (χ1) is 11.0. The Bertz CT molecular complexity index is 797. The van der Waals surface area contributed by atoms with E-state index in [4.69, 9.17) is 4.84 Å². The number of hydrogen-bond donors (Lipinski definition) is 1. The van der Waals surface area contributed by atoms with Crippen LogP contribution in [0.15, 0.2) is 42.5 Å². The summed E-state index contributed by atoms with van der Waals surface area (Å²) in [4.78, 5) is 39.3. The van der Waals surface area contributed by atoms with E-state index in [1.807, 2.05) is 0 Å². The topological polar surface area (TPSA) is 110 Å². The molecule has 0 fully saturated rings. The molecule has 2 aromatic rings. The summed E-state index contributed by atoms with van der Waals surface area (Å²) >= 11 is 0. The number of nitrogens with zero attached hydrogens (tertiary/aromatic N) is 2. The Balaban J connectivity index is 1.75. The summed E-state index contributed by atoms with van der Waals surface area (Å²) in [5.41, 5.74) is 0.451. The number of hydroxylamine groups is 2. The molecule has 0 saturated heterocycles. The highest BCUT2D eigenvalue weighted by Crippen LogP contribution is 2.27. The molecule has 0 aromatic heterocycles. The molecule has 0 atom stereocenters. The SMILES string of the molecule is O=C1c2ccccc2C(=O)N1OCc1ccc([N+](=O)[O-])c(O)c1. The number of nitro benzene ring substituents is 1. The minimum absolute atomic E-state index is 0.197. The number of aromatic hydroxyl groups is 1. The van der Waals surface area contributed by atoms with Gasteiger partial charge in [0.05, 0.1) is 16.1 Å². The maximum Gasteiger partial charge on any atom is 0.310 e. The number of benzene rings is 2. The van der Waals surface area contributed by atoms with Crippen molar-refractivity contribution in [1.82, 2.24) is 5.06 Å². The molecule has 1 N–H and O–H groups in total. The standard InChI is InChI=1S/C15H10N2O6/c18-13-7-9(5-6-12(13)17(21)22)8-23-16-14(19)10-3-1-2-4-11(10)15(16)20/h1-7,18H,8H2. The average Bonchev–Trinajstić information content (AvgIpc) is 2.77. The van der Waals surface area contributed by atoms with Gasteiger partial charge in [-0.25, -0.2) is 0 Å². The quantitative estimate of drug-likeness (QED) is 0.525. The van der Waals surface area contributed by atoms with Crippen molar-refractivity contribution >= 4 is 17.5 Å². The van der Waals surface area contributed by atoms with E-state index in [-0.39, 0.29) is 17.7 Å². The van der Waals surface area contributed by atoms with Crippen LogP contribution >= 0.6 is 0 Å². The minimum Gasteiger partial charge on any atom is -0.502 e. The average molecular weight is 314 g/mol. The van der Waals surface area contributed by atoms with Crippen LogP contribution in [0.5, 0.6) is 5.75 Å². The van der Waals surface area contributed by atoms with Crippen LogP contribution in [0.25, 0.3) is 0 Å². The van der Waals surface area contributed by atoms with E-state index < -0.39 is 28.2 Å². The molecule has 0 bridgehead atoms. The second kappa shape index (κ2) is 5.50. The maximum absolute atomic E-state index is 12.1. The number of amides is 2. The summed E-state index contributed by atoms with van der Waals surface area (Å²) in [5.74, 6) is -1.66. The van der Waals surface area contributed by atoms with Crippen LogP contribution in [0.2, 0.25) is 0 Å². The Morgan fingerprint density at radius 2 is 1.70 bits per heavy atom. The lowest BCUT2D eigenvalue weighted by atomic mass is 10.1. The summed E-state index contributed by atoms with van der Waals surface area (Å²) in [6.45, 7) is -0.197. The number of imide groups is 1. The predicted molar refractivity (Wildman–Crippen MR) is 76.5 cm³/mol. The minimum atomic E-state index is -0.718. The van der Waals surface area contributed by atoms with E-state index in [0.717, 1.165) is 12.1 Å². The molecule has 0 aliphatic carbocycles. The number of nitro groups is 1. The fourth-order valence-electron chi connectivity index (χ4n) is 2.24. The molecule has 1 heterocycles. The molecule has 0 radical (unpaired) electrons. The van der Waals surface area contributed by atoms with Gasteiger partial charge < -0.3 is 5.11 Å². The second-order valence-electron chi connectivity index (χ2n) is 4.80. The summed E-state index contributed by atoms with van der Waals surface area (Å²) in [6.07, 6.45) is 0. The van der Waals surface area contributed by atoms with Gasteiger partial charge in [-0.1, -0.05) is 12.1 Å². The van der Waals surface area contributed by atoms with Crippen molar-refractivity contribution in [2.75, 3.05) is 0 Å². The highest BCUT2D eigenvalue weighted by molar-refractivity contribution is 6.20. The van der Waals surface area contributed by atoms with Crippen LogP contribution in [0, 0.1) is 10.1 Å². The third kappa shape index (κ3) is 2.51. The van der Waals surface area contributed by atoms with Crippen LogP contribution in [0.4, 0.5) is 5.69 Å². The molecule has 8 nitrogen and oxygen atoms in total. The Morgan fingerprint density at radius 1 is 1.09 bits per heavy atom. The molecule has 116 valence electrons. The van der Waals surface area contributed by atoms with Gasteiger partial charge in [0.1, 0.15) is 6.61 Å². The lowest BCUT2D eigenvalue weighted by molar-refractivity contribution is -0.385. The van der Waals surface area contributed by atoms with Crippen molar-refractivity contribution in [3.63, 3.8) is 0 Å². The summed E-state index contributed by atoms with van der Waals surface area (Å²) < 4.78 is 0. The zero-order valence-corrected chi connectivity index (χ0v) is 11.6. The van der Waals surface area contributed by atoms with Crippen molar-refractivity contribution in [2.24, 2.45) is 0 Å². The third-order valence-corrected chi connectivity index (χ3v) is 3.35. The van der Waals surface area contributed by atoms with Gasteiger partial charge >= 0.3 is 5.69 Å². The smallest absolute Gasteiger partial charge is 0.310 e. The molecule has 0 saturated carbocycles. The predicted octanol–water partition coefficient (Wildman–Crippen LogP) is 2.03. The zero-order chi connectivity index (χ0) is 16.6. The van der Waals surface area contributed by atoms with Crippen molar-refractivity contribution in [3.05, 3.63) is 69.3 Å². The highest BCUT2D eigenvalue weighted by atomic mass is 16.7. The number of carbonyl (C=O) groups is 2. The second-order valence-corrected chi connectivity index (χ2v) is 4.80. The largest absolute Gasteiger partial charge is 0.502 e. The molecule has 0 unspecified atom stereocenters. The lowest BCUT2D eigenvalue weighted by Crippen LogP contribution is -2.29. The lowest BCUT2D eigenvalue weighted by Gasteiger charge is -2.13. The molecule has 23 heavy (non-hydrogen) atoms. The molecule has 2 amide bonds. The van der Waals surface area contributed by atoms with E-state index in [1.54, 1.807) is 12.1 Å². The number of phenols is 1. The van der Waals surface area contributed by atoms with Crippen LogP contribution in [0.1, 0.15) is 26.3 Å². The van der Waals surface area contributed by atoms with E-state index in [9.17, 15) is 24.8 Å². The normalized spacial score (nSPS) is 13.3. The molecule has 8 heteroatoms. The molecule has 3 rings (SSSR count). The van der Waals surface area contributed by atoms with E-state index in [0.29, 0.717) is 10.6 Å². The van der Waals surface area contributed by atoms with Crippen LogP contribution in [0.3, 0.4) is 0 Å². The summed E-state index contributed by atoms with van der Waals surface area (Å²) in [6, 6.07) is 9.97. The van der Waals surface area contributed by atoms with Gasteiger partial charge in [0.25, 0.3) is 11.8 Å². The summed E-state index contributed by atoms with van der Waals surface area (Å²) in [7, 11) is 0. The third-order valence-electron chi connectivity index (χ3n) is 3.35. The van der Waals surface area contributed by atoms with E-state index in [1.165, 1.54) is 18.2 Å². The van der Waals surface area contributed by atoms with Crippen molar-refractivity contribution in [2.45, 2.75) is 6.61 Å². The highest BCUT2D eigenvalue weighted by Gasteiger charge is 2.36. The first-order valence-electron chi connectivity index (χ1n) is 6.56. The van der Waals surface area contributed by atoms with Crippen LogP contribution < -0.4 is 0 Å². The molecular formula is C15H10N2O6. The number of phenolic OH excluding ortho intramolecular Hbond substituents is 1. The summed E-state index contributed by atoms with van der Waals surface area (Å²) in [5, 5.41) is 20.8. The number of fused-ring (bicyclic) bond motifs is 1. The Kier molecular flexibility index (Phi) is 3.51. The Hall–Kier alpha value is -3.26.